The van der Waals surface area contributed by atoms with Crippen molar-refractivity contribution in [3.8, 4) is 0 Å². The SMILES string of the molecule is C1CCCCC1.CCC(C)C.CN. The molecule has 1 heteroatoms. The summed E-state index contributed by atoms with van der Waals surface area (Å²) < 4.78 is 0. The minimum Gasteiger partial charge on any atom is -0.333 e. The fourth-order valence-corrected chi connectivity index (χ4v) is 1.06. The van der Waals surface area contributed by atoms with E-state index in [1.807, 2.05) is 0 Å². The summed E-state index contributed by atoms with van der Waals surface area (Å²) in [6, 6.07) is 0. The van der Waals surface area contributed by atoms with Gasteiger partial charge in [-0.05, 0) is 13.0 Å². The highest BCUT2D eigenvalue weighted by atomic mass is 14.4. The topological polar surface area (TPSA) is 26.0 Å². The van der Waals surface area contributed by atoms with Crippen LogP contribution >= 0.6 is 0 Å². The molecule has 0 aliphatic heterocycles. The maximum atomic E-state index is 4.50. The number of rotatable bonds is 1. The third-order valence-electron chi connectivity index (χ3n) is 2.32. The Hall–Kier alpha value is -0.0400. The molecule has 13 heavy (non-hydrogen) atoms. The molecular weight excluding hydrogens is 158 g/mol. The molecule has 1 saturated carbocycles. The van der Waals surface area contributed by atoms with Crippen molar-refractivity contribution in [2.24, 2.45) is 11.7 Å². The van der Waals surface area contributed by atoms with Crippen molar-refractivity contribution in [3.05, 3.63) is 0 Å². The lowest BCUT2D eigenvalue weighted by atomic mass is 10.0. The minimum atomic E-state index is 0.884. The molecule has 0 amide bonds. The van der Waals surface area contributed by atoms with E-state index in [9.17, 15) is 0 Å². The van der Waals surface area contributed by atoms with Crippen molar-refractivity contribution in [2.75, 3.05) is 7.05 Å². The van der Waals surface area contributed by atoms with E-state index in [-0.39, 0.29) is 0 Å². The van der Waals surface area contributed by atoms with Gasteiger partial charge in [0.05, 0.1) is 0 Å². The second-order valence-corrected chi connectivity index (χ2v) is 3.92. The summed E-state index contributed by atoms with van der Waals surface area (Å²) in [4.78, 5) is 0. The number of hydrogen-bond acceptors (Lipinski definition) is 1. The predicted molar refractivity (Wildman–Crippen MR) is 62.9 cm³/mol. The van der Waals surface area contributed by atoms with Crippen molar-refractivity contribution in [2.45, 2.75) is 65.7 Å². The second kappa shape index (κ2) is 14.5. The van der Waals surface area contributed by atoms with Gasteiger partial charge in [0, 0.05) is 0 Å². The van der Waals surface area contributed by atoms with E-state index in [0.717, 1.165) is 5.92 Å². The standard InChI is InChI=1S/C6H12.C5H12.CH5N/c1-2-4-6-5-3-1;1-4-5(2)3;1-2/h1-6H2;5H,4H2,1-3H3;2H2,1H3. The summed E-state index contributed by atoms with van der Waals surface area (Å²) in [7, 11) is 1.50. The van der Waals surface area contributed by atoms with Crippen LogP contribution in [0.4, 0.5) is 0 Å². The Morgan fingerprint density at radius 3 is 1.08 bits per heavy atom. The van der Waals surface area contributed by atoms with E-state index in [2.05, 4.69) is 26.5 Å². The highest BCUT2D eigenvalue weighted by Crippen LogP contribution is 2.15. The fraction of sp³-hybridized carbons (Fsp3) is 1.00. The molecule has 1 fully saturated rings. The summed E-state index contributed by atoms with van der Waals surface area (Å²) >= 11 is 0. The highest BCUT2D eigenvalue weighted by molar-refractivity contribution is 4.51. The quantitative estimate of drug-likeness (QED) is 0.660. The van der Waals surface area contributed by atoms with Crippen LogP contribution in [0.2, 0.25) is 0 Å². The van der Waals surface area contributed by atoms with Crippen molar-refractivity contribution in [1.82, 2.24) is 0 Å². The lowest BCUT2D eigenvalue weighted by molar-refractivity contribution is 0.504. The molecule has 0 atom stereocenters. The summed E-state index contributed by atoms with van der Waals surface area (Å²) in [6.07, 6.45) is 10.3. The van der Waals surface area contributed by atoms with Crippen LogP contribution in [0.1, 0.15) is 65.7 Å². The maximum Gasteiger partial charge on any atom is -0.0195 e. The molecule has 0 aromatic rings. The zero-order valence-electron chi connectivity index (χ0n) is 10.1. The van der Waals surface area contributed by atoms with Gasteiger partial charge in [-0.25, -0.2) is 0 Å². The van der Waals surface area contributed by atoms with Gasteiger partial charge in [0.1, 0.15) is 0 Å². The Balaban J connectivity index is 0. The van der Waals surface area contributed by atoms with Gasteiger partial charge < -0.3 is 5.73 Å². The average molecular weight is 187 g/mol. The molecule has 0 bridgehead atoms. The van der Waals surface area contributed by atoms with Crippen LogP contribution in [0.5, 0.6) is 0 Å². The lowest BCUT2D eigenvalue weighted by Gasteiger charge is -2.05. The molecule has 1 rings (SSSR count). The summed E-state index contributed by atoms with van der Waals surface area (Å²) in [5, 5.41) is 0. The van der Waals surface area contributed by atoms with Crippen LogP contribution in [0, 0.1) is 5.92 Å². The molecule has 0 heterocycles. The number of nitrogens with two attached hydrogens (primary N) is 1. The first-order valence-corrected chi connectivity index (χ1v) is 5.85. The third-order valence-corrected chi connectivity index (χ3v) is 2.32. The van der Waals surface area contributed by atoms with Crippen LogP contribution in [-0.4, -0.2) is 7.05 Å². The van der Waals surface area contributed by atoms with Gasteiger partial charge in [0.15, 0.2) is 0 Å². The van der Waals surface area contributed by atoms with Gasteiger partial charge in [0.25, 0.3) is 0 Å². The van der Waals surface area contributed by atoms with E-state index in [1.54, 1.807) is 0 Å². The molecule has 0 unspecified atom stereocenters. The zero-order chi connectivity index (χ0) is 10.5. The smallest absolute Gasteiger partial charge is 0.0195 e. The Labute approximate surface area is 85.1 Å². The number of hydrogen-bond donors (Lipinski definition) is 1. The maximum absolute atomic E-state index is 4.50. The predicted octanol–water partition coefficient (Wildman–Crippen LogP) is 3.97. The Morgan fingerprint density at radius 1 is 0.846 bits per heavy atom. The van der Waals surface area contributed by atoms with Crippen LogP contribution in [0.15, 0.2) is 0 Å². The second-order valence-electron chi connectivity index (χ2n) is 3.92. The van der Waals surface area contributed by atoms with E-state index >= 15 is 0 Å². The molecular formula is C12H29N. The van der Waals surface area contributed by atoms with Gasteiger partial charge in [0.2, 0.25) is 0 Å². The highest BCUT2D eigenvalue weighted by Gasteiger charge is 1.95. The zero-order valence-corrected chi connectivity index (χ0v) is 10.1. The molecule has 1 aliphatic rings. The molecule has 0 spiro atoms. The van der Waals surface area contributed by atoms with Crippen LogP contribution < -0.4 is 5.73 Å². The molecule has 0 saturated heterocycles. The van der Waals surface area contributed by atoms with Crippen molar-refractivity contribution in [3.63, 3.8) is 0 Å². The van der Waals surface area contributed by atoms with Crippen LogP contribution in [-0.2, 0) is 0 Å². The fourth-order valence-electron chi connectivity index (χ4n) is 1.06. The van der Waals surface area contributed by atoms with Crippen LogP contribution in [0.3, 0.4) is 0 Å². The van der Waals surface area contributed by atoms with Gasteiger partial charge >= 0.3 is 0 Å². The average Bonchev–Trinajstić information content (AvgIpc) is 2.24. The molecule has 0 radical (unpaired) electrons. The van der Waals surface area contributed by atoms with Crippen molar-refractivity contribution >= 4 is 0 Å². The van der Waals surface area contributed by atoms with Crippen molar-refractivity contribution in [1.29, 1.82) is 0 Å². The van der Waals surface area contributed by atoms with E-state index in [4.69, 9.17) is 0 Å². The summed E-state index contributed by atoms with van der Waals surface area (Å²) in [6.45, 7) is 6.64. The molecule has 0 aromatic heterocycles. The Morgan fingerprint density at radius 2 is 1.00 bits per heavy atom. The van der Waals surface area contributed by atoms with Gasteiger partial charge in [-0.15, -0.1) is 0 Å². The van der Waals surface area contributed by atoms with Gasteiger partial charge in [-0.2, -0.15) is 0 Å². The van der Waals surface area contributed by atoms with Gasteiger partial charge in [-0.1, -0.05) is 65.7 Å². The van der Waals surface area contributed by atoms with E-state index in [0.29, 0.717) is 0 Å². The first-order valence-electron chi connectivity index (χ1n) is 5.85. The monoisotopic (exact) mass is 187 g/mol. The molecule has 1 nitrogen and oxygen atoms in total. The summed E-state index contributed by atoms with van der Waals surface area (Å²) in [5.74, 6) is 0.884. The molecule has 2 N–H and O–H groups in total. The molecule has 82 valence electrons. The first kappa shape index (κ1) is 15.4. The largest absolute Gasteiger partial charge is 0.333 e. The Bertz CT molecular complexity index is 54.0. The molecule has 1 aliphatic carbocycles. The first-order chi connectivity index (χ1) is 6.27. The van der Waals surface area contributed by atoms with Crippen LogP contribution in [0.25, 0.3) is 0 Å². The minimum absolute atomic E-state index is 0.884. The lowest BCUT2D eigenvalue weighted by Crippen LogP contribution is -1.85. The van der Waals surface area contributed by atoms with E-state index in [1.165, 1.54) is 52.0 Å². The molecule has 0 aromatic carbocycles. The normalized spacial score (nSPS) is 15.2. The van der Waals surface area contributed by atoms with E-state index < -0.39 is 0 Å². The third kappa shape index (κ3) is 18.7. The Kier molecular flexibility index (Phi) is 17.2. The van der Waals surface area contributed by atoms with Crippen molar-refractivity contribution < 1.29 is 0 Å². The summed E-state index contributed by atoms with van der Waals surface area (Å²) in [5.41, 5.74) is 4.50. The van der Waals surface area contributed by atoms with Gasteiger partial charge in [-0.3, -0.25) is 0 Å².